The number of ether oxygens (including phenoxy) is 1. The van der Waals surface area contributed by atoms with E-state index in [9.17, 15) is 13.2 Å². The largest absolute Gasteiger partial charge is 0.381 e. The van der Waals surface area contributed by atoms with E-state index in [0.717, 1.165) is 24.0 Å². The van der Waals surface area contributed by atoms with E-state index in [4.69, 9.17) is 4.74 Å². The van der Waals surface area contributed by atoms with Crippen molar-refractivity contribution < 1.29 is 17.9 Å². The van der Waals surface area contributed by atoms with Crippen LogP contribution >= 0.6 is 0 Å². The van der Waals surface area contributed by atoms with E-state index in [-0.39, 0.29) is 10.8 Å². The van der Waals surface area contributed by atoms with Crippen molar-refractivity contribution in [3.63, 3.8) is 0 Å². The molecule has 6 nitrogen and oxygen atoms in total. The molecule has 1 amide bonds. The molecular formula is C27H28N2O4S. The zero-order valence-corrected chi connectivity index (χ0v) is 19.8. The Labute approximate surface area is 200 Å². The van der Waals surface area contributed by atoms with Gasteiger partial charge < -0.3 is 10.1 Å². The number of nitrogens with zero attached hydrogens (tertiary/aromatic N) is 1. The molecule has 0 radical (unpaired) electrons. The average Bonchev–Trinajstić information content (AvgIpc) is 2.89. The fraction of sp³-hybridized carbons (Fsp3) is 0.296. The molecule has 34 heavy (non-hydrogen) atoms. The third-order valence-corrected chi connectivity index (χ3v) is 8.69. The first-order valence-electron chi connectivity index (χ1n) is 11.7. The Morgan fingerprint density at radius 2 is 1.59 bits per heavy atom. The number of fused-ring (bicyclic) bond motifs is 1. The first-order valence-corrected chi connectivity index (χ1v) is 13.1. The van der Waals surface area contributed by atoms with Gasteiger partial charge in [0.2, 0.25) is 5.91 Å². The third-order valence-electron chi connectivity index (χ3n) is 6.86. The normalized spacial score (nSPS) is 17.6. The van der Waals surface area contributed by atoms with Crippen molar-refractivity contribution in [3.8, 4) is 0 Å². The highest BCUT2D eigenvalue weighted by Crippen LogP contribution is 2.38. The van der Waals surface area contributed by atoms with E-state index in [2.05, 4.69) is 5.32 Å². The van der Waals surface area contributed by atoms with Gasteiger partial charge >= 0.3 is 0 Å². The summed E-state index contributed by atoms with van der Waals surface area (Å²) in [6.45, 7) is 1.46. The molecule has 2 heterocycles. The van der Waals surface area contributed by atoms with Crippen LogP contribution < -0.4 is 9.62 Å². The number of rotatable bonds is 5. The van der Waals surface area contributed by atoms with Crippen LogP contribution in [0.5, 0.6) is 0 Å². The molecule has 2 aliphatic rings. The number of aryl methyl sites for hydroxylation is 1. The summed E-state index contributed by atoms with van der Waals surface area (Å²) >= 11 is 0. The van der Waals surface area contributed by atoms with Gasteiger partial charge in [-0.3, -0.25) is 9.10 Å². The highest BCUT2D eigenvalue weighted by molar-refractivity contribution is 7.92. The molecule has 176 valence electrons. The Bertz CT molecular complexity index is 1270. The predicted molar refractivity (Wildman–Crippen MR) is 133 cm³/mol. The Hall–Kier alpha value is -3.16. The molecule has 7 heteroatoms. The summed E-state index contributed by atoms with van der Waals surface area (Å²) in [5, 5.41) is 3.10. The zero-order valence-electron chi connectivity index (χ0n) is 18.9. The van der Waals surface area contributed by atoms with Crippen molar-refractivity contribution in [1.82, 2.24) is 0 Å². The van der Waals surface area contributed by atoms with Crippen LogP contribution in [-0.4, -0.2) is 34.1 Å². The van der Waals surface area contributed by atoms with E-state index in [1.54, 1.807) is 36.4 Å². The quantitative estimate of drug-likeness (QED) is 0.588. The number of anilines is 2. The molecule has 0 spiro atoms. The van der Waals surface area contributed by atoms with Crippen molar-refractivity contribution >= 4 is 27.3 Å². The lowest BCUT2D eigenvalue weighted by molar-refractivity contribution is -0.125. The van der Waals surface area contributed by atoms with Gasteiger partial charge in [0.05, 0.1) is 16.0 Å². The van der Waals surface area contributed by atoms with E-state index < -0.39 is 15.4 Å². The molecule has 0 aliphatic carbocycles. The van der Waals surface area contributed by atoms with E-state index in [1.807, 2.05) is 42.5 Å². The summed E-state index contributed by atoms with van der Waals surface area (Å²) in [5.74, 6) is -0.0878. The maximum atomic E-state index is 13.7. The van der Waals surface area contributed by atoms with Gasteiger partial charge in [-0.05, 0) is 61.1 Å². The molecule has 0 aromatic heterocycles. The fourth-order valence-electron chi connectivity index (χ4n) is 4.96. The average molecular weight is 477 g/mol. The summed E-state index contributed by atoms with van der Waals surface area (Å²) < 4.78 is 33.8. The van der Waals surface area contributed by atoms with Crippen LogP contribution in [-0.2, 0) is 31.4 Å². The molecule has 0 unspecified atom stereocenters. The van der Waals surface area contributed by atoms with Gasteiger partial charge in [0.25, 0.3) is 10.0 Å². The van der Waals surface area contributed by atoms with Crippen molar-refractivity contribution in [2.45, 2.75) is 36.0 Å². The molecule has 0 atom stereocenters. The summed E-state index contributed by atoms with van der Waals surface area (Å²) in [5.41, 5.74) is 2.49. The minimum Gasteiger partial charge on any atom is -0.381 e. The first-order chi connectivity index (χ1) is 16.5. The number of nitrogens with one attached hydrogen (secondary N) is 1. The van der Waals surface area contributed by atoms with E-state index in [0.29, 0.717) is 44.0 Å². The van der Waals surface area contributed by atoms with E-state index >= 15 is 0 Å². The van der Waals surface area contributed by atoms with Crippen molar-refractivity contribution in [2.24, 2.45) is 0 Å². The second kappa shape index (κ2) is 9.24. The topological polar surface area (TPSA) is 75.7 Å². The summed E-state index contributed by atoms with van der Waals surface area (Å²) in [6.07, 6.45) is 2.75. The molecule has 1 saturated heterocycles. The lowest BCUT2D eigenvalue weighted by atomic mass is 9.73. The number of amides is 1. The maximum Gasteiger partial charge on any atom is 0.264 e. The predicted octanol–water partition coefficient (Wildman–Crippen LogP) is 4.52. The summed E-state index contributed by atoms with van der Waals surface area (Å²) in [7, 11) is -3.69. The van der Waals surface area contributed by atoms with Crippen LogP contribution in [0.3, 0.4) is 0 Å². The SMILES string of the molecule is O=C(Nc1ccc2c(c1)N(S(=O)(=O)c1ccccc1)CCC2)C1(c2ccccc2)CCOCC1. The molecular weight excluding hydrogens is 448 g/mol. The molecule has 0 saturated carbocycles. The maximum absolute atomic E-state index is 13.7. The second-order valence-corrected chi connectivity index (χ2v) is 10.7. The Kier molecular flexibility index (Phi) is 6.15. The number of sulfonamides is 1. The molecule has 3 aromatic carbocycles. The molecule has 5 rings (SSSR count). The number of carbonyl (C=O) groups is 1. The van der Waals surface area contributed by atoms with Gasteiger partial charge in [-0.25, -0.2) is 8.42 Å². The first kappa shape index (κ1) is 22.6. The Balaban J connectivity index is 1.47. The van der Waals surface area contributed by atoms with Gasteiger partial charge in [0, 0.05) is 25.4 Å². The van der Waals surface area contributed by atoms with Crippen LogP contribution in [0.2, 0.25) is 0 Å². The van der Waals surface area contributed by atoms with Gasteiger partial charge in [0.15, 0.2) is 0 Å². The zero-order chi connectivity index (χ0) is 23.6. The Morgan fingerprint density at radius 3 is 2.29 bits per heavy atom. The van der Waals surface area contributed by atoms with Crippen LogP contribution in [0, 0.1) is 0 Å². The lowest BCUT2D eigenvalue weighted by Crippen LogP contribution is -2.44. The van der Waals surface area contributed by atoms with Crippen LogP contribution in [0.1, 0.15) is 30.4 Å². The third kappa shape index (κ3) is 4.10. The molecule has 3 aromatic rings. The number of hydrogen-bond acceptors (Lipinski definition) is 4. The highest BCUT2D eigenvalue weighted by Gasteiger charge is 2.41. The van der Waals surface area contributed by atoms with Gasteiger partial charge in [-0.15, -0.1) is 0 Å². The molecule has 1 N–H and O–H groups in total. The molecule has 2 aliphatic heterocycles. The van der Waals surface area contributed by atoms with E-state index in [1.165, 1.54) is 4.31 Å². The summed E-state index contributed by atoms with van der Waals surface area (Å²) in [6, 6.07) is 23.9. The number of benzene rings is 3. The van der Waals surface area contributed by atoms with Gasteiger partial charge in [-0.2, -0.15) is 0 Å². The smallest absolute Gasteiger partial charge is 0.264 e. The molecule has 1 fully saturated rings. The lowest BCUT2D eigenvalue weighted by Gasteiger charge is -2.36. The summed E-state index contributed by atoms with van der Waals surface area (Å²) in [4.78, 5) is 13.9. The minimum atomic E-state index is -3.69. The molecule has 0 bridgehead atoms. The van der Waals surface area contributed by atoms with Crippen molar-refractivity contribution in [2.75, 3.05) is 29.4 Å². The second-order valence-electron chi connectivity index (χ2n) is 8.85. The number of carbonyl (C=O) groups excluding carboxylic acids is 1. The Morgan fingerprint density at radius 1 is 0.912 bits per heavy atom. The fourth-order valence-corrected chi connectivity index (χ4v) is 6.52. The van der Waals surface area contributed by atoms with Gasteiger partial charge in [0.1, 0.15) is 0 Å². The standard InChI is InChI=1S/C27H28N2O4S/c30-26(27(15-18-33-19-16-27)22-9-3-1-4-10-22)28-23-14-13-21-8-7-17-29(25(21)20-23)34(31,32)24-11-5-2-6-12-24/h1-6,9-14,20H,7-8,15-19H2,(H,28,30). The number of hydrogen-bond donors (Lipinski definition) is 1. The van der Waals surface area contributed by atoms with Crippen molar-refractivity contribution in [1.29, 1.82) is 0 Å². The van der Waals surface area contributed by atoms with Gasteiger partial charge in [-0.1, -0.05) is 54.6 Å². The van der Waals surface area contributed by atoms with Crippen LogP contribution in [0.4, 0.5) is 11.4 Å². The van der Waals surface area contributed by atoms with Crippen LogP contribution in [0.25, 0.3) is 0 Å². The van der Waals surface area contributed by atoms with Crippen LogP contribution in [0.15, 0.2) is 83.8 Å². The minimum absolute atomic E-state index is 0.0878. The highest BCUT2D eigenvalue weighted by atomic mass is 32.2. The van der Waals surface area contributed by atoms with Crippen molar-refractivity contribution in [3.05, 3.63) is 90.0 Å². The monoisotopic (exact) mass is 476 g/mol.